The van der Waals surface area contributed by atoms with Gasteiger partial charge in [0, 0.05) is 11.1 Å². The van der Waals surface area contributed by atoms with E-state index in [1.165, 1.54) is 0 Å². The highest BCUT2D eigenvalue weighted by atomic mass is 35.5. The van der Waals surface area contributed by atoms with Crippen LogP contribution < -0.4 is 5.32 Å². The minimum atomic E-state index is -4.11. The van der Waals surface area contributed by atoms with Gasteiger partial charge >= 0.3 is 12.3 Å². The predicted octanol–water partition coefficient (Wildman–Crippen LogP) is 3.39. The van der Waals surface area contributed by atoms with Crippen molar-refractivity contribution >= 4 is 11.6 Å². The van der Waals surface area contributed by atoms with Gasteiger partial charge in [0.1, 0.15) is 6.61 Å². The van der Waals surface area contributed by atoms with Crippen LogP contribution in [0, 0.1) is 0 Å². The van der Waals surface area contributed by atoms with Crippen LogP contribution in [0.1, 0.15) is 5.56 Å². The summed E-state index contributed by atoms with van der Waals surface area (Å²) in [6, 6.07) is 6.80. The monoisotopic (exact) mass is 313 g/mol. The molecule has 1 N–H and O–H groups in total. The van der Waals surface area contributed by atoms with E-state index < -0.39 is 19.0 Å². The van der Waals surface area contributed by atoms with E-state index in [1.54, 1.807) is 31.3 Å². The third-order valence-electron chi connectivity index (χ3n) is 2.74. The minimum Gasteiger partial charge on any atom is -0.373 e. The molecule has 0 amide bonds. The molecule has 0 aliphatic carbocycles. The molecule has 1 rings (SSSR count). The lowest BCUT2D eigenvalue weighted by molar-refractivity contribution is -0.166. The Kier molecular flexibility index (Phi) is 6.71. The number of ether oxygens (including phenoxy) is 1. The van der Waals surface area contributed by atoms with E-state index in [-0.39, 0.29) is 12.6 Å². The van der Waals surface area contributed by atoms with Gasteiger partial charge < -0.3 is 10.1 Å². The van der Waals surface area contributed by atoms with E-state index in [0.29, 0.717) is 11.4 Å². The number of nitrogens with one attached hydrogen (secondary N) is 1. The Morgan fingerprint density at radius 1 is 1.25 bits per heavy atom. The number of rotatable bonds is 8. The van der Waals surface area contributed by atoms with Gasteiger partial charge in [-0.15, -0.1) is 0 Å². The van der Waals surface area contributed by atoms with E-state index in [9.17, 15) is 17.6 Å². The van der Waals surface area contributed by atoms with Gasteiger partial charge in [0.15, 0.2) is 0 Å². The van der Waals surface area contributed by atoms with Crippen molar-refractivity contribution in [2.45, 2.75) is 24.8 Å². The maximum atomic E-state index is 12.7. The maximum Gasteiger partial charge on any atom is 0.330 e. The zero-order valence-corrected chi connectivity index (χ0v) is 11.6. The van der Waals surface area contributed by atoms with Crippen LogP contribution in [-0.2, 0) is 11.2 Å². The zero-order valence-electron chi connectivity index (χ0n) is 10.9. The average molecular weight is 314 g/mol. The summed E-state index contributed by atoms with van der Waals surface area (Å²) in [7, 11) is 1.65. The second-order valence-electron chi connectivity index (χ2n) is 4.39. The molecular weight excluding hydrogens is 298 g/mol. The Morgan fingerprint density at radius 3 is 2.35 bits per heavy atom. The molecule has 1 aromatic rings. The Morgan fingerprint density at radius 2 is 1.85 bits per heavy atom. The van der Waals surface area contributed by atoms with Crippen molar-refractivity contribution in [2.75, 3.05) is 20.3 Å². The Labute approximate surface area is 120 Å². The van der Waals surface area contributed by atoms with Crippen LogP contribution in [0.2, 0.25) is 5.02 Å². The van der Waals surface area contributed by atoms with Gasteiger partial charge in [-0.1, -0.05) is 23.7 Å². The number of alkyl halides is 4. The Hall–Kier alpha value is -0.850. The van der Waals surface area contributed by atoms with Crippen LogP contribution in [0.4, 0.5) is 17.6 Å². The lowest BCUT2D eigenvalue weighted by Gasteiger charge is -2.19. The molecule has 114 valence electrons. The lowest BCUT2D eigenvalue weighted by Crippen LogP contribution is -2.37. The molecule has 20 heavy (non-hydrogen) atoms. The van der Waals surface area contributed by atoms with Crippen molar-refractivity contribution in [2.24, 2.45) is 0 Å². The fraction of sp³-hybridized carbons (Fsp3) is 0.538. The van der Waals surface area contributed by atoms with E-state index in [2.05, 4.69) is 5.32 Å². The fourth-order valence-corrected chi connectivity index (χ4v) is 1.68. The second kappa shape index (κ2) is 7.81. The Balaban J connectivity index is 2.42. The topological polar surface area (TPSA) is 21.3 Å². The third kappa shape index (κ3) is 5.64. The largest absolute Gasteiger partial charge is 0.373 e. The van der Waals surface area contributed by atoms with Gasteiger partial charge in [-0.2, -0.15) is 8.78 Å². The summed E-state index contributed by atoms with van der Waals surface area (Å²) in [5.74, 6) is -4.11. The van der Waals surface area contributed by atoms with E-state index >= 15 is 0 Å². The molecule has 0 fully saturated rings. The highest BCUT2D eigenvalue weighted by Gasteiger charge is 2.41. The summed E-state index contributed by atoms with van der Waals surface area (Å²) >= 11 is 5.75. The van der Waals surface area contributed by atoms with Crippen molar-refractivity contribution in [1.29, 1.82) is 0 Å². The molecule has 1 atom stereocenters. The molecule has 2 nitrogen and oxygen atoms in total. The molecule has 0 heterocycles. The highest BCUT2D eigenvalue weighted by Crippen LogP contribution is 2.23. The first kappa shape index (κ1) is 17.2. The predicted molar refractivity (Wildman–Crippen MR) is 69.8 cm³/mol. The molecule has 0 bridgehead atoms. The normalized spacial score (nSPS) is 13.8. The molecule has 0 aliphatic heterocycles. The van der Waals surface area contributed by atoms with Crippen molar-refractivity contribution in [3.8, 4) is 0 Å². The summed E-state index contributed by atoms with van der Waals surface area (Å²) in [6.45, 7) is -1.37. The zero-order chi connectivity index (χ0) is 15.2. The molecule has 0 aromatic heterocycles. The van der Waals surface area contributed by atoms with Crippen LogP contribution in [0.3, 0.4) is 0 Å². The highest BCUT2D eigenvalue weighted by molar-refractivity contribution is 6.30. The van der Waals surface area contributed by atoms with Gasteiger partial charge in [0.2, 0.25) is 0 Å². The van der Waals surface area contributed by atoms with E-state index in [4.69, 9.17) is 16.3 Å². The summed E-state index contributed by atoms with van der Waals surface area (Å²) in [5, 5.41) is 3.49. The molecule has 1 unspecified atom stereocenters. The Bertz CT molecular complexity index is 400. The van der Waals surface area contributed by atoms with Gasteiger partial charge in [-0.3, -0.25) is 0 Å². The first-order valence-electron chi connectivity index (χ1n) is 6.00. The summed E-state index contributed by atoms with van der Waals surface area (Å²) < 4.78 is 53.9. The van der Waals surface area contributed by atoms with Crippen LogP contribution >= 0.6 is 11.6 Å². The first-order valence-corrected chi connectivity index (χ1v) is 6.38. The smallest absolute Gasteiger partial charge is 0.330 e. The standard InChI is InChI=1S/C13H16ClF4NO/c1-19-11(6-9-2-4-10(14)5-3-9)7-20-8-13(17,18)12(15)16/h2-5,11-12,19H,6-8H2,1H3. The number of halogens is 5. The molecule has 0 radical (unpaired) electrons. The van der Waals surface area contributed by atoms with Crippen LogP contribution in [0.5, 0.6) is 0 Å². The minimum absolute atomic E-state index is 0.0819. The number of benzene rings is 1. The molecule has 0 saturated carbocycles. The van der Waals surface area contributed by atoms with Crippen LogP contribution in [0.15, 0.2) is 24.3 Å². The van der Waals surface area contributed by atoms with Crippen LogP contribution in [-0.4, -0.2) is 38.7 Å². The van der Waals surface area contributed by atoms with Crippen molar-refractivity contribution in [1.82, 2.24) is 5.32 Å². The van der Waals surface area contributed by atoms with Gasteiger partial charge in [0.05, 0.1) is 6.61 Å². The molecular formula is C13H16ClF4NO. The first-order chi connectivity index (χ1) is 9.35. The average Bonchev–Trinajstić information content (AvgIpc) is 2.39. The van der Waals surface area contributed by atoms with Crippen molar-refractivity contribution < 1.29 is 22.3 Å². The quantitative estimate of drug-likeness (QED) is 0.743. The molecule has 7 heteroatoms. The van der Waals surface area contributed by atoms with Crippen molar-refractivity contribution in [3.63, 3.8) is 0 Å². The van der Waals surface area contributed by atoms with E-state index in [1.807, 2.05) is 0 Å². The third-order valence-corrected chi connectivity index (χ3v) is 2.99. The molecule has 0 aliphatic rings. The molecule has 0 saturated heterocycles. The fourth-order valence-electron chi connectivity index (χ4n) is 1.55. The molecule has 0 spiro atoms. The molecule has 1 aromatic carbocycles. The van der Waals surface area contributed by atoms with Gasteiger partial charge in [0.25, 0.3) is 0 Å². The van der Waals surface area contributed by atoms with Gasteiger partial charge in [-0.05, 0) is 31.2 Å². The van der Waals surface area contributed by atoms with Gasteiger partial charge in [-0.25, -0.2) is 8.78 Å². The summed E-state index contributed by atoms with van der Waals surface area (Å²) in [4.78, 5) is 0. The van der Waals surface area contributed by atoms with Crippen molar-refractivity contribution in [3.05, 3.63) is 34.9 Å². The lowest BCUT2D eigenvalue weighted by atomic mass is 10.1. The number of likely N-dealkylation sites (N-methyl/N-ethyl adjacent to an activating group) is 1. The summed E-state index contributed by atoms with van der Waals surface area (Å²) in [6.07, 6.45) is -3.19. The van der Waals surface area contributed by atoms with E-state index in [0.717, 1.165) is 5.56 Å². The number of hydrogen-bond acceptors (Lipinski definition) is 2. The second-order valence-corrected chi connectivity index (χ2v) is 4.83. The van der Waals surface area contributed by atoms with Crippen LogP contribution in [0.25, 0.3) is 0 Å². The maximum absolute atomic E-state index is 12.7. The number of hydrogen-bond donors (Lipinski definition) is 1. The SMILES string of the molecule is CNC(COCC(F)(F)C(F)F)Cc1ccc(Cl)cc1. The summed E-state index contributed by atoms with van der Waals surface area (Å²) in [5.41, 5.74) is 0.943.